The zero-order chi connectivity index (χ0) is 14.2. The molecule has 4 fully saturated rings. The molecule has 1 aromatic rings. The normalized spacial score (nSPS) is 39.7. The Labute approximate surface area is 128 Å². The van der Waals surface area contributed by atoms with E-state index in [1.54, 1.807) is 11.3 Å². The van der Waals surface area contributed by atoms with Gasteiger partial charge in [-0.3, -0.25) is 10.1 Å². The lowest BCUT2D eigenvalue weighted by atomic mass is 9.93. The number of aryl methyl sites for hydroxylation is 1. The van der Waals surface area contributed by atoms with E-state index in [0.717, 1.165) is 25.7 Å². The molecule has 3 aliphatic heterocycles. The molecule has 4 unspecified atom stereocenters. The average Bonchev–Trinajstić information content (AvgIpc) is 2.87. The number of carbonyl (C=O) groups excluding carboxylic acids is 1. The number of nitrogens with zero attached hydrogens (tertiary/aromatic N) is 1. The van der Waals surface area contributed by atoms with E-state index < -0.39 is 0 Å². The van der Waals surface area contributed by atoms with Gasteiger partial charge in [0.25, 0.3) is 0 Å². The first-order valence-corrected chi connectivity index (χ1v) is 8.80. The summed E-state index contributed by atoms with van der Waals surface area (Å²) in [6.45, 7) is 2.13. The topological polar surface area (TPSA) is 41.6 Å². The Morgan fingerprint density at radius 3 is 2.81 bits per heavy atom. The van der Waals surface area contributed by atoms with Crippen LogP contribution in [0.4, 0.5) is 0 Å². The first kappa shape index (κ1) is 12.6. The van der Waals surface area contributed by atoms with E-state index in [1.165, 1.54) is 16.2 Å². The highest BCUT2D eigenvalue weighted by atomic mass is 32.1. The summed E-state index contributed by atoms with van der Waals surface area (Å²) in [5.74, 6) is 0.319. The number of amides is 1. The second kappa shape index (κ2) is 4.09. The Morgan fingerprint density at radius 2 is 2.24 bits per heavy atom. The molecule has 1 spiro atoms. The first-order valence-electron chi connectivity index (χ1n) is 7.99. The van der Waals surface area contributed by atoms with Gasteiger partial charge >= 0.3 is 0 Å². The summed E-state index contributed by atoms with van der Waals surface area (Å²) in [5.41, 5.74) is -0.246. The smallest absolute Gasteiger partial charge is 0.244 e. The molecule has 1 aromatic heterocycles. The molecule has 112 valence electrons. The fraction of sp³-hybridized carbons (Fsp3) is 0.688. The molecule has 4 nitrogen and oxygen atoms in total. The van der Waals surface area contributed by atoms with Crippen LogP contribution in [0.2, 0.25) is 0 Å². The number of rotatable bonds is 2. The van der Waals surface area contributed by atoms with Crippen molar-refractivity contribution in [3.8, 4) is 0 Å². The molecule has 1 amide bonds. The quantitative estimate of drug-likeness (QED) is 0.912. The van der Waals surface area contributed by atoms with Crippen LogP contribution in [0.3, 0.4) is 0 Å². The third-order valence-corrected chi connectivity index (χ3v) is 6.60. The number of nitrogens with one attached hydrogen (secondary N) is 1. The van der Waals surface area contributed by atoms with Gasteiger partial charge in [-0.25, -0.2) is 0 Å². The number of hydrogen-bond donors (Lipinski definition) is 1. The molecule has 1 saturated carbocycles. The van der Waals surface area contributed by atoms with E-state index in [0.29, 0.717) is 12.0 Å². The van der Waals surface area contributed by atoms with Gasteiger partial charge in [0, 0.05) is 9.75 Å². The van der Waals surface area contributed by atoms with Crippen LogP contribution in [-0.2, 0) is 9.53 Å². The molecule has 0 radical (unpaired) electrons. The van der Waals surface area contributed by atoms with Gasteiger partial charge in [0.05, 0.1) is 18.2 Å². The third kappa shape index (κ3) is 1.71. The molecule has 4 atom stereocenters. The lowest BCUT2D eigenvalue weighted by Gasteiger charge is -2.33. The van der Waals surface area contributed by atoms with Gasteiger partial charge in [-0.2, -0.15) is 0 Å². The SMILES string of the molecule is Cc1ccc(C2NC3(CC3)C(=O)N2C2CC3CCC2O3)s1. The fourth-order valence-corrected chi connectivity index (χ4v) is 5.22. The van der Waals surface area contributed by atoms with Crippen molar-refractivity contribution in [2.45, 2.75) is 69.0 Å². The van der Waals surface area contributed by atoms with Gasteiger partial charge in [-0.05, 0) is 51.2 Å². The minimum Gasteiger partial charge on any atom is -0.373 e. The number of fused-ring (bicyclic) bond motifs is 2. The van der Waals surface area contributed by atoms with Crippen LogP contribution in [0, 0.1) is 6.92 Å². The van der Waals surface area contributed by atoms with E-state index in [4.69, 9.17) is 4.74 Å². The molecule has 4 aliphatic rings. The van der Waals surface area contributed by atoms with E-state index in [2.05, 4.69) is 29.3 Å². The molecule has 21 heavy (non-hydrogen) atoms. The van der Waals surface area contributed by atoms with Crippen molar-refractivity contribution in [2.75, 3.05) is 0 Å². The standard InChI is InChI=1S/C16H20N2O2S/c1-9-2-5-13(21-9)14-17-16(6-7-16)15(19)18(14)11-8-10-3-4-12(11)20-10/h2,5,10-12,14,17H,3-4,6-8H2,1H3. The van der Waals surface area contributed by atoms with Crippen LogP contribution in [0.15, 0.2) is 12.1 Å². The molecule has 3 saturated heterocycles. The predicted octanol–water partition coefficient (Wildman–Crippen LogP) is 2.34. The maximum atomic E-state index is 13.0. The Kier molecular flexibility index (Phi) is 2.46. The molecule has 0 aromatic carbocycles. The van der Waals surface area contributed by atoms with Gasteiger partial charge in [0.15, 0.2) is 0 Å². The summed E-state index contributed by atoms with van der Waals surface area (Å²) >= 11 is 1.80. The first-order chi connectivity index (χ1) is 10.2. The monoisotopic (exact) mass is 304 g/mol. The van der Waals surface area contributed by atoms with E-state index >= 15 is 0 Å². The second-order valence-electron chi connectivity index (χ2n) is 6.97. The van der Waals surface area contributed by atoms with Crippen LogP contribution in [0.25, 0.3) is 0 Å². The van der Waals surface area contributed by atoms with Crippen LogP contribution in [0.5, 0.6) is 0 Å². The summed E-state index contributed by atoms with van der Waals surface area (Å²) in [6.07, 6.45) is 6.00. The van der Waals surface area contributed by atoms with Crippen LogP contribution in [-0.4, -0.2) is 34.6 Å². The lowest BCUT2D eigenvalue weighted by Crippen LogP contribution is -2.45. The van der Waals surface area contributed by atoms with Crippen molar-refractivity contribution in [1.29, 1.82) is 0 Å². The second-order valence-corrected chi connectivity index (χ2v) is 8.29. The Bertz CT molecular complexity index is 609. The highest BCUT2D eigenvalue weighted by Crippen LogP contribution is 2.50. The van der Waals surface area contributed by atoms with Crippen molar-refractivity contribution < 1.29 is 9.53 Å². The molecule has 5 heteroatoms. The van der Waals surface area contributed by atoms with Gasteiger partial charge in [-0.15, -0.1) is 11.3 Å². The largest absolute Gasteiger partial charge is 0.373 e. The number of carbonyl (C=O) groups is 1. The fourth-order valence-electron chi connectivity index (χ4n) is 4.29. The Balaban J connectivity index is 1.52. The lowest BCUT2D eigenvalue weighted by molar-refractivity contribution is -0.134. The summed E-state index contributed by atoms with van der Waals surface area (Å²) in [5, 5.41) is 3.64. The highest BCUT2D eigenvalue weighted by molar-refractivity contribution is 7.12. The highest BCUT2D eigenvalue weighted by Gasteiger charge is 2.62. The van der Waals surface area contributed by atoms with Gasteiger partial charge in [-0.1, -0.05) is 0 Å². The molecule has 2 bridgehead atoms. The third-order valence-electron chi connectivity index (χ3n) is 5.55. The van der Waals surface area contributed by atoms with Crippen LogP contribution < -0.4 is 5.32 Å². The number of thiophene rings is 1. The summed E-state index contributed by atoms with van der Waals surface area (Å²) in [6, 6.07) is 4.60. The molecule has 1 aliphatic carbocycles. The zero-order valence-electron chi connectivity index (χ0n) is 12.2. The Morgan fingerprint density at radius 1 is 1.38 bits per heavy atom. The summed E-state index contributed by atoms with van der Waals surface area (Å²) in [7, 11) is 0. The molecule has 5 rings (SSSR count). The summed E-state index contributed by atoms with van der Waals surface area (Å²) < 4.78 is 6.01. The van der Waals surface area contributed by atoms with Crippen molar-refractivity contribution in [3.63, 3.8) is 0 Å². The maximum Gasteiger partial charge on any atom is 0.244 e. The predicted molar refractivity (Wildman–Crippen MR) is 80.0 cm³/mol. The molecule has 4 heterocycles. The van der Waals surface area contributed by atoms with Crippen molar-refractivity contribution in [3.05, 3.63) is 21.9 Å². The maximum absolute atomic E-state index is 13.0. The minimum atomic E-state index is -0.246. The number of ether oxygens (including phenoxy) is 1. The van der Waals surface area contributed by atoms with Crippen molar-refractivity contribution in [1.82, 2.24) is 10.2 Å². The van der Waals surface area contributed by atoms with Crippen molar-refractivity contribution >= 4 is 17.2 Å². The molecule has 1 N–H and O–H groups in total. The van der Waals surface area contributed by atoms with E-state index in [-0.39, 0.29) is 23.9 Å². The van der Waals surface area contributed by atoms with Crippen LogP contribution >= 0.6 is 11.3 Å². The molecular formula is C16H20N2O2S. The van der Waals surface area contributed by atoms with Crippen LogP contribution in [0.1, 0.15) is 48.0 Å². The summed E-state index contributed by atoms with van der Waals surface area (Å²) in [4.78, 5) is 17.7. The van der Waals surface area contributed by atoms with E-state index in [9.17, 15) is 4.79 Å². The van der Waals surface area contributed by atoms with Gasteiger partial charge in [0.1, 0.15) is 11.7 Å². The number of hydrogen-bond acceptors (Lipinski definition) is 4. The zero-order valence-corrected chi connectivity index (χ0v) is 13.0. The Hall–Kier alpha value is -0.910. The van der Waals surface area contributed by atoms with E-state index in [1.807, 2.05) is 0 Å². The minimum absolute atomic E-state index is 0.0617. The molecular weight excluding hydrogens is 284 g/mol. The van der Waals surface area contributed by atoms with Gasteiger partial charge in [0.2, 0.25) is 5.91 Å². The van der Waals surface area contributed by atoms with Crippen molar-refractivity contribution in [2.24, 2.45) is 0 Å². The van der Waals surface area contributed by atoms with Gasteiger partial charge < -0.3 is 9.64 Å². The average molecular weight is 304 g/mol.